The number of likely N-dealkylation sites (N-methyl/N-ethyl adjacent to an activating group) is 1. The number of rotatable bonds is 4. The van der Waals surface area contributed by atoms with Crippen LogP contribution in [-0.4, -0.2) is 28.7 Å². The Morgan fingerprint density at radius 3 is 2.22 bits per heavy atom. The van der Waals surface area contributed by atoms with Crippen LogP contribution in [0.5, 0.6) is 0 Å². The van der Waals surface area contributed by atoms with Gasteiger partial charge in [-0.15, -0.1) is 0 Å². The summed E-state index contributed by atoms with van der Waals surface area (Å²) < 4.78 is 0. The van der Waals surface area contributed by atoms with Crippen LogP contribution in [0.1, 0.15) is 27.8 Å². The molecule has 4 aromatic rings. The molecule has 0 radical (unpaired) electrons. The minimum Gasteiger partial charge on any atom is -0.376 e. The third kappa shape index (κ3) is 3.48. The van der Waals surface area contributed by atoms with Crippen molar-refractivity contribution in [3.8, 4) is 0 Å². The Morgan fingerprint density at radius 1 is 0.875 bits per heavy atom. The van der Waals surface area contributed by atoms with Gasteiger partial charge in [-0.2, -0.15) is 0 Å². The van der Waals surface area contributed by atoms with E-state index in [0.29, 0.717) is 16.1 Å². The van der Waals surface area contributed by atoms with E-state index in [2.05, 4.69) is 46.2 Å². The van der Waals surface area contributed by atoms with Crippen LogP contribution in [0.3, 0.4) is 0 Å². The van der Waals surface area contributed by atoms with Gasteiger partial charge >= 0.3 is 0 Å². The molecule has 0 bridgehead atoms. The lowest BCUT2D eigenvalue weighted by molar-refractivity contribution is 0.125. The molecule has 0 amide bonds. The third-order valence-electron chi connectivity index (χ3n) is 5.98. The maximum Gasteiger partial charge on any atom is 0.143 e. The number of benzene rings is 2. The lowest BCUT2D eigenvalue weighted by Crippen LogP contribution is -2.30. The van der Waals surface area contributed by atoms with Crippen LogP contribution in [0.15, 0.2) is 97.6 Å². The number of hydrogen-bond donors (Lipinski definition) is 1. The zero-order valence-corrected chi connectivity index (χ0v) is 18.4. The van der Waals surface area contributed by atoms with Gasteiger partial charge < -0.3 is 10.0 Å². The van der Waals surface area contributed by atoms with Gasteiger partial charge in [-0.25, -0.2) is 0 Å². The van der Waals surface area contributed by atoms with E-state index < -0.39 is 5.60 Å². The highest BCUT2D eigenvalue weighted by atomic mass is 35.5. The first kappa shape index (κ1) is 20.4. The molecule has 32 heavy (non-hydrogen) atoms. The lowest BCUT2D eigenvalue weighted by Gasteiger charge is -2.33. The van der Waals surface area contributed by atoms with Crippen LogP contribution in [0.2, 0.25) is 5.02 Å². The van der Waals surface area contributed by atoms with E-state index in [9.17, 15) is 5.11 Å². The van der Waals surface area contributed by atoms with Gasteiger partial charge in [-0.3, -0.25) is 9.97 Å². The molecule has 3 heterocycles. The SMILES string of the molecule is CN1CC=C(c2cccc(Cl)c2)c2cc(C(O)(c3cccnc3)c3cccnc3)ccc21. The van der Waals surface area contributed by atoms with Gasteiger partial charge in [0.1, 0.15) is 5.60 Å². The van der Waals surface area contributed by atoms with Crippen LogP contribution >= 0.6 is 11.6 Å². The van der Waals surface area contributed by atoms with Crippen molar-refractivity contribution >= 4 is 22.9 Å². The zero-order valence-electron chi connectivity index (χ0n) is 17.6. The molecule has 4 nitrogen and oxygen atoms in total. The fourth-order valence-corrected chi connectivity index (χ4v) is 4.52. The van der Waals surface area contributed by atoms with Gasteiger partial charge in [0, 0.05) is 65.8 Å². The molecule has 2 aromatic carbocycles. The second-order valence-corrected chi connectivity index (χ2v) is 8.37. The van der Waals surface area contributed by atoms with Gasteiger partial charge in [-0.1, -0.05) is 48.0 Å². The average Bonchev–Trinajstić information content (AvgIpc) is 2.84. The molecule has 5 heteroatoms. The number of fused-ring (bicyclic) bond motifs is 1. The number of aliphatic hydroxyl groups is 1. The van der Waals surface area contributed by atoms with E-state index in [4.69, 9.17) is 11.6 Å². The van der Waals surface area contributed by atoms with E-state index in [1.165, 1.54) is 0 Å². The Hall–Kier alpha value is -3.47. The fourth-order valence-electron chi connectivity index (χ4n) is 4.33. The zero-order chi connectivity index (χ0) is 22.1. The molecule has 2 aromatic heterocycles. The highest BCUT2D eigenvalue weighted by molar-refractivity contribution is 6.30. The van der Waals surface area contributed by atoms with Crippen LogP contribution in [0, 0.1) is 0 Å². The normalized spacial score (nSPS) is 13.5. The minimum atomic E-state index is -1.40. The van der Waals surface area contributed by atoms with E-state index >= 15 is 0 Å². The van der Waals surface area contributed by atoms with Crippen molar-refractivity contribution in [2.45, 2.75) is 5.60 Å². The van der Waals surface area contributed by atoms with Gasteiger partial charge in [0.25, 0.3) is 0 Å². The smallest absolute Gasteiger partial charge is 0.143 e. The number of pyridine rings is 2. The molecule has 0 fully saturated rings. The van der Waals surface area contributed by atoms with Crippen molar-refractivity contribution in [1.29, 1.82) is 0 Å². The van der Waals surface area contributed by atoms with Crippen LogP contribution in [-0.2, 0) is 5.60 Å². The molecule has 5 rings (SSSR count). The third-order valence-corrected chi connectivity index (χ3v) is 6.21. The van der Waals surface area contributed by atoms with E-state index in [-0.39, 0.29) is 0 Å². The maximum atomic E-state index is 12.2. The topological polar surface area (TPSA) is 49.2 Å². The molecule has 1 aliphatic heterocycles. The van der Waals surface area contributed by atoms with Crippen molar-refractivity contribution in [2.24, 2.45) is 0 Å². The Balaban J connectivity index is 1.72. The number of hydrogen-bond acceptors (Lipinski definition) is 4. The quantitative estimate of drug-likeness (QED) is 0.469. The maximum absolute atomic E-state index is 12.2. The van der Waals surface area contributed by atoms with Crippen molar-refractivity contribution < 1.29 is 5.11 Å². The Labute approximate surface area is 192 Å². The molecule has 0 saturated carbocycles. The predicted molar refractivity (Wildman–Crippen MR) is 129 cm³/mol. The molecule has 158 valence electrons. The van der Waals surface area contributed by atoms with Gasteiger partial charge in [-0.05, 0) is 53.1 Å². The molecule has 0 spiro atoms. The van der Waals surface area contributed by atoms with Gasteiger partial charge in [0.05, 0.1) is 0 Å². The number of aromatic nitrogens is 2. The van der Waals surface area contributed by atoms with E-state index in [1.54, 1.807) is 24.8 Å². The summed E-state index contributed by atoms with van der Waals surface area (Å²) in [4.78, 5) is 10.7. The second kappa shape index (κ2) is 8.23. The van der Waals surface area contributed by atoms with Crippen molar-refractivity contribution in [1.82, 2.24) is 9.97 Å². The summed E-state index contributed by atoms with van der Waals surface area (Å²) in [5, 5.41) is 12.9. The van der Waals surface area contributed by atoms with Crippen LogP contribution < -0.4 is 4.90 Å². The monoisotopic (exact) mass is 439 g/mol. The summed E-state index contributed by atoms with van der Waals surface area (Å²) >= 11 is 6.29. The summed E-state index contributed by atoms with van der Waals surface area (Å²) in [6, 6.07) is 21.4. The summed E-state index contributed by atoms with van der Waals surface area (Å²) in [6.07, 6.45) is 9.01. The molecule has 0 saturated heterocycles. The molecule has 0 unspecified atom stereocenters. The molecular weight excluding hydrogens is 418 g/mol. The molecule has 0 aliphatic carbocycles. The highest BCUT2D eigenvalue weighted by Gasteiger charge is 2.35. The number of anilines is 1. The van der Waals surface area contributed by atoms with Crippen LogP contribution in [0.4, 0.5) is 5.69 Å². The summed E-state index contributed by atoms with van der Waals surface area (Å²) in [5.41, 5.74) is 5.02. The molecule has 0 atom stereocenters. The van der Waals surface area contributed by atoms with Gasteiger partial charge in [0.2, 0.25) is 0 Å². The summed E-state index contributed by atoms with van der Waals surface area (Å²) in [5.74, 6) is 0. The molecule has 1 N–H and O–H groups in total. The van der Waals surface area contributed by atoms with Crippen molar-refractivity contribution in [3.05, 3.63) is 130 Å². The molecular formula is C27H22ClN3O. The fraction of sp³-hybridized carbons (Fsp3) is 0.111. The summed E-state index contributed by atoms with van der Waals surface area (Å²) in [6.45, 7) is 0.795. The number of nitrogens with zero attached hydrogens (tertiary/aromatic N) is 3. The predicted octanol–water partition coefficient (Wildman–Crippen LogP) is 5.30. The van der Waals surface area contributed by atoms with E-state index in [1.807, 2.05) is 48.5 Å². The summed E-state index contributed by atoms with van der Waals surface area (Å²) in [7, 11) is 2.07. The highest BCUT2D eigenvalue weighted by Crippen LogP contribution is 2.41. The first-order valence-corrected chi connectivity index (χ1v) is 10.8. The average molecular weight is 440 g/mol. The molecule has 1 aliphatic rings. The standard InChI is InChI=1S/C27H22ClN3O/c1-31-14-11-24(19-5-2-8-23(28)15-19)25-16-20(9-10-26(25)31)27(32,21-6-3-12-29-17-21)22-7-4-13-30-18-22/h2-13,15-18,32H,14H2,1H3. The van der Waals surface area contributed by atoms with Gasteiger partial charge in [0.15, 0.2) is 0 Å². The Morgan fingerprint density at radius 2 is 1.59 bits per heavy atom. The largest absolute Gasteiger partial charge is 0.376 e. The first-order valence-electron chi connectivity index (χ1n) is 10.4. The first-order chi connectivity index (χ1) is 15.6. The number of halogens is 1. The second-order valence-electron chi connectivity index (χ2n) is 7.93. The lowest BCUT2D eigenvalue weighted by atomic mass is 9.79. The minimum absolute atomic E-state index is 0.686. The van der Waals surface area contributed by atoms with Crippen molar-refractivity contribution in [3.63, 3.8) is 0 Å². The Bertz CT molecular complexity index is 1250. The van der Waals surface area contributed by atoms with E-state index in [0.717, 1.165) is 34.5 Å². The van der Waals surface area contributed by atoms with Crippen molar-refractivity contribution in [2.75, 3.05) is 18.5 Å². The van der Waals surface area contributed by atoms with Crippen LogP contribution in [0.25, 0.3) is 5.57 Å². The Kier molecular flexibility index (Phi) is 5.25.